The molecule has 1 aliphatic heterocycles. The topological polar surface area (TPSA) is 83.8 Å². The van der Waals surface area contributed by atoms with Crippen molar-refractivity contribution in [1.29, 1.82) is 0 Å². The van der Waals surface area contributed by atoms with Gasteiger partial charge in [-0.3, -0.25) is 19.7 Å². The van der Waals surface area contributed by atoms with Crippen molar-refractivity contribution < 1.29 is 14.5 Å². The summed E-state index contributed by atoms with van der Waals surface area (Å²) < 4.78 is 0. The average Bonchev–Trinajstić information content (AvgIpc) is 2.53. The molecule has 0 aliphatic carbocycles. The van der Waals surface area contributed by atoms with Gasteiger partial charge in [0.15, 0.2) is 5.78 Å². The summed E-state index contributed by atoms with van der Waals surface area (Å²) in [5.74, 6) is -0.127. The predicted octanol–water partition coefficient (Wildman–Crippen LogP) is 2.10. The number of benzene rings is 1. The van der Waals surface area contributed by atoms with Gasteiger partial charge >= 0.3 is 0 Å². The Balaban J connectivity index is 2.19. The van der Waals surface area contributed by atoms with E-state index in [0.717, 1.165) is 0 Å². The standard InChI is InChI=1S/C16H21N3O4/c1-11(20)13-4-5-14(15(10-13)19(22)23)18-8-6-12(7-9-18)16(21)17(2)3/h4-5,10,12H,6-9H2,1-3H3. The van der Waals surface area contributed by atoms with Gasteiger partial charge in [-0.15, -0.1) is 0 Å². The van der Waals surface area contributed by atoms with Crippen LogP contribution in [0.25, 0.3) is 0 Å². The molecule has 1 aromatic rings. The Morgan fingerprint density at radius 1 is 1.26 bits per heavy atom. The van der Waals surface area contributed by atoms with E-state index in [0.29, 0.717) is 37.2 Å². The number of nitro groups is 1. The summed E-state index contributed by atoms with van der Waals surface area (Å²) in [6.07, 6.45) is 1.34. The van der Waals surface area contributed by atoms with Gasteiger partial charge in [0.1, 0.15) is 5.69 Å². The second-order valence-corrected chi connectivity index (χ2v) is 6.01. The number of hydrogen-bond donors (Lipinski definition) is 0. The van der Waals surface area contributed by atoms with Crippen LogP contribution in [0.15, 0.2) is 18.2 Å². The largest absolute Gasteiger partial charge is 0.366 e. The third kappa shape index (κ3) is 3.67. The summed E-state index contributed by atoms with van der Waals surface area (Å²) in [5.41, 5.74) is 0.781. The van der Waals surface area contributed by atoms with Crippen LogP contribution in [0.4, 0.5) is 11.4 Å². The molecule has 0 spiro atoms. The monoisotopic (exact) mass is 319 g/mol. The van der Waals surface area contributed by atoms with Gasteiger partial charge in [0.25, 0.3) is 5.69 Å². The highest BCUT2D eigenvalue weighted by Crippen LogP contribution is 2.32. The average molecular weight is 319 g/mol. The molecule has 1 saturated heterocycles. The van der Waals surface area contributed by atoms with Gasteiger partial charge < -0.3 is 9.80 Å². The van der Waals surface area contributed by atoms with Crippen LogP contribution in [0.1, 0.15) is 30.1 Å². The van der Waals surface area contributed by atoms with E-state index in [1.165, 1.54) is 13.0 Å². The number of piperidine rings is 1. The van der Waals surface area contributed by atoms with Crippen LogP contribution >= 0.6 is 0 Å². The summed E-state index contributed by atoms with van der Waals surface area (Å²) >= 11 is 0. The highest BCUT2D eigenvalue weighted by atomic mass is 16.6. The van der Waals surface area contributed by atoms with E-state index in [-0.39, 0.29) is 23.3 Å². The number of rotatable bonds is 4. The molecule has 0 unspecified atom stereocenters. The van der Waals surface area contributed by atoms with Crippen LogP contribution in [0, 0.1) is 16.0 Å². The van der Waals surface area contributed by atoms with Crippen molar-refractivity contribution in [2.24, 2.45) is 5.92 Å². The molecule has 2 rings (SSSR count). The lowest BCUT2D eigenvalue weighted by Gasteiger charge is -2.33. The Morgan fingerprint density at radius 3 is 2.35 bits per heavy atom. The molecule has 1 aliphatic rings. The molecule has 23 heavy (non-hydrogen) atoms. The molecule has 7 heteroatoms. The minimum absolute atomic E-state index is 0.0307. The highest BCUT2D eigenvalue weighted by molar-refractivity contribution is 5.95. The molecular weight excluding hydrogens is 298 g/mol. The van der Waals surface area contributed by atoms with Crippen LogP contribution in [0.2, 0.25) is 0 Å². The third-order valence-electron chi connectivity index (χ3n) is 4.20. The Hall–Kier alpha value is -2.44. The fourth-order valence-electron chi connectivity index (χ4n) is 2.89. The van der Waals surface area contributed by atoms with Crippen molar-refractivity contribution in [3.63, 3.8) is 0 Å². The summed E-state index contributed by atoms with van der Waals surface area (Å²) in [7, 11) is 3.47. The molecule has 1 aromatic carbocycles. The number of ketones is 1. The molecule has 0 saturated carbocycles. The number of anilines is 1. The zero-order chi connectivity index (χ0) is 17.1. The van der Waals surface area contributed by atoms with E-state index < -0.39 is 4.92 Å². The maximum Gasteiger partial charge on any atom is 0.293 e. The predicted molar refractivity (Wildman–Crippen MR) is 86.7 cm³/mol. The molecule has 124 valence electrons. The van der Waals surface area contributed by atoms with Crippen LogP contribution < -0.4 is 4.90 Å². The molecule has 0 radical (unpaired) electrons. The number of nitrogens with zero attached hydrogens (tertiary/aromatic N) is 3. The van der Waals surface area contributed by atoms with Gasteiger partial charge in [-0.2, -0.15) is 0 Å². The maximum absolute atomic E-state index is 12.0. The van der Waals surface area contributed by atoms with Crippen molar-refractivity contribution >= 4 is 23.1 Å². The second kappa shape index (κ2) is 6.76. The first-order valence-corrected chi connectivity index (χ1v) is 7.56. The van der Waals surface area contributed by atoms with E-state index in [1.54, 1.807) is 31.1 Å². The fourth-order valence-corrected chi connectivity index (χ4v) is 2.89. The molecule has 0 bridgehead atoms. The summed E-state index contributed by atoms with van der Waals surface area (Å²) in [6, 6.07) is 4.57. The Bertz CT molecular complexity index is 634. The number of amides is 1. The van der Waals surface area contributed by atoms with Crippen molar-refractivity contribution in [3.8, 4) is 0 Å². The lowest BCUT2D eigenvalue weighted by molar-refractivity contribution is -0.384. The smallest absolute Gasteiger partial charge is 0.293 e. The summed E-state index contributed by atoms with van der Waals surface area (Å²) in [4.78, 5) is 37.8. The van der Waals surface area contributed by atoms with Crippen molar-refractivity contribution in [3.05, 3.63) is 33.9 Å². The van der Waals surface area contributed by atoms with Crippen molar-refractivity contribution in [2.45, 2.75) is 19.8 Å². The van der Waals surface area contributed by atoms with Crippen molar-refractivity contribution in [2.75, 3.05) is 32.1 Å². The number of nitro benzene ring substituents is 1. The van der Waals surface area contributed by atoms with Gasteiger partial charge in [-0.05, 0) is 31.9 Å². The maximum atomic E-state index is 12.0. The van der Waals surface area contributed by atoms with Crippen LogP contribution in [0.3, 0.4) is 0 Å². The highest BCUT2D eigenvalue weighted by Gasteiger charge is 2.29. The minimum atomic E-state index is -0.459. The van der Waals surface area contributed by atoms with Crippen LogP contribution in [-0.4, -0.2) is 48.7 Å². The third-order valence-corrected chi connectivity index (χ3v) is 4.20. The molecule has 1 heterocycles. The normalized spacial score (nSPS) is 15.3. The van der Waals surface area contributed by atoms with E-state index in [9.17, 15) is 19.7 Å². The van der Waals surface area contributed by atoms with Gasteiger partial charge in [0.2, 0.25) is 5.91 Å². The van der Waals surface area contributed by atoms with Gasteiger partial charge in [-0.1, -0.05) is 0 Å². The van der Waals surface area contributed by atoms with Gasteiger partial charge in [0, 0.05) is 44.7 Å². The fraction of sp³-hybridized carbons (Fsp3) is 0.500. The number of Topliss-reactive ketones (excluding diaryl/α,β-unsaturated/α-hetero) is 1. The number of carbonyl (C=O) groups is 2. The van der Waals surface area contributed by atoms with E-state index in [4.69, 9.17) is 0 Å². The summed E-state index contributed by atoms with van der Waals surface area (Å²) in [5, 5.41) is 11.3. The molecule has 1 amide bonds. The van der Waals surface area contributed by atoms with E-state index in [1.807, 2.05) is 4.90 Å². The Labute approximate surface area is 135 Å². The van der Waals surface area contributed by atoms with Gasteiger partial charge in [0.05, 0.1) is 4.92 Å². The zero-order valence-electron chi connectivity index (χ0n) is 13.6. The quantitative estimate of drug-likeness (QED) is 0.482. The first-order chi connectivity index (χ1) is 10.8. The lowest BCUT2D eigenvalue weighted by atomic mass is 9.95. The first-order valence-electron chi connectivity index (χ1n) is 7.56. The minimum Gasteiger partial charge on any atom is -0.366 e. The lowest BCUT2D eigenvalue weighted by Crippen LogP contribution is -2.40. The number of hydrogen-bond acceptors (Lipinski definition) is 5. The van der Waals surface area contributed by atoms with Gasteiger partial charge in [-0.25, -0.2) is 0 Å². The Kier molecular flexibility index (Phi) is 4.98. The molecular formula is C16H21N3O4. The Morgan fingerprint density at radius 2 is 1.87 bits per heavy atom. The molecule has 0 N–H and O–H groups in total. The molecule has 0 atom stereocenters. The second-order valence-electron chi connectivity index (χ2n) is 6.01. The summed E-state index contributed by atoms with van der Waals surface area (Å²) in [6.45, 7) is 2.56. The molecule has 1 fully saturated rings. The van der Waals surface area contributed by atoms with E-state index >= 15 is 0 Å². The zero-order valence-corrected chi connectivity index (χ0v) is 13.6. The SMILES string of the molecule is CC(=O)c1ccc(N2CCC(C(=O)N(C)C)CC2)c([N+](=O)[O-])c1. The molecule has 0 aromatic heterocycles. The number of carbonyl (C=O) groups excluding carboxylic acids is 2. The van der Waals surface area contributed by atoms with Crippen LogP contribution in [0.5, 0.6) is 0 Å². The first kappa shape index (κ1) is 16.9. The molecule has 7 nitrogen and oxygen atoms in total. The van der Waals surface area contributed by atoms with E-state index in [2.05, 4.69) is 0 Å². The van der Waals surface area contributed by atoms with Crippen molar-refractivity contribution in [1.82, 2.24) is 4.90 Å². The van der Waals surface area contributed by atoms with Crippen LogP contribution in [-0.2, 0) is 4.79 Å².